The Kier molecular flexibility index (Phi) is 5.31. The van der Waals surface area contributed by atoms with Crippen LogP contribution in [0.25, 0.3) is 10.8 Å². The van der Waals surface area contributed by atoms with Gasteiger partial charge in [0.25, 0.3) is 11.5 Å². The summed E-state index contributed by atoms with van der Waals surface area (Å²) in [5.74, 6) is 0.207. The topological polar surface area (TPSA) is 90.4 Å². The summed E-state index contributed by atoms with van der Waals surface area (Å²) in [5, 5.41) is 5.24. The molecule has 1 aliphatic rings. The zero-order valence-electron chi connectivity index (χ0n) is 16.4. The monoisotopic (exact) mass is 392 g/mol. The molecule has 1 aliphatic heterocycles. The number of nitrogens with two attached hydrogens (primary N) is 1. The Balaban J connectivity index is 1.66. The zero-order valence-corrected chi connectivity index (χ0v) is 16.4. The van der Waals surface area contributed by atoms with Crippen molar-refractivity contribution in [3.05, 3.63) is 70.1 Å². The van der Waals surface area contributed by atoms with Crippen molar-refractivity contribution in [2.45, 2.75) is 32.5 Å². The fraction of sp³-hybridized carbons (Fsp3) is 0.318. The van der Waals surface area contributed by atoms with Crippen molar-refractivity contribution in [1.29, 1.82) is 0 Å². The van der Waals surface area contributed by atoms with Crippen molar-refractivity contribution in [2.24, 2.45) is 5.73 Å². The molecule has 4 rings (SSSR count). The number of hydrogen-bond donors (Lipinski definition) is 1. The van der Waals surface area contributed by atoms with Crippen LogP contribution in [0.3, 0.4) is 0 Å². The molecule has 0 radical (unpaired) electrons. The SMILES string of the molecule is CCOc1ccc([C@H]2CCCN2Cn2nc(C(N)=O)c3ccccc3c2=O)cc1. The minimum absolute atomic E-state index is 0.122. The van der Waals surface area contributed by atoms with Gasteiger partial charge in [0.15, 0.2) is 5.69 Å². The van der Waals surface area contributed by atoms with E-state index in [0.29, 0.717) is 24.0 Å². The zero-order chi connectivity index (χ0) is 20.4. The molecule has 3 aromatic rings. The Bertz CT molecular complexity index is 1090. The highest BCUT2D eigenvalue weighted by Gasteiger charge is 2.27. The molecule has 150 valence electrons. The molecule has 1 saturated heterocycles. The second-order valence-electron chi connectivity index (χ2n) is 7.18. The number of amides is 1. The number of nitrogens with zero attached hydrogens (tertiary/aromatic N) is 3. The van der Waals surface area contributed by atoms with Crippen LogP contribution in [0.5, 0.6) is 5.75 Å². The molecule has 0 saturated carbocycles. The van der Waals surface area contributed by atoms with Gasteiger partial charge >= 0.3 is 0 Å². The summed E-state index contributed by atoms with van der Waals surface area (Å²) in [7, 11) is 0. The van der Waals surface area contributed by atoms with E-state index in [9.17, 15) is 9.59 Å². The first kappa shape index (κ1) is 19.1. The Morgan fingerprint density at radius 2 is 1.90 bits per heavy atom. The summed E-state index contributed by atoms with van der Waals surface area (Å²) in [6, 6.07) is 15.2. The molecule has 7 nitrogen and oxygen atoms in total. The van der Waals surface area contributed by atoms with Gasteiger partial charge in [-0.05, 0) is 43.5 Å². The number of carbonyl (C=O) groups excluding carboxylic acids is 1. The Hall–Kier alpha value is -3.19. The molecule has 0 spiro atoms. The first-order valence-electron chi connectivity index (χ1n) is 9.85. The average molecular weight is 392 g/mol. The fourth-order valence-corrected chi connectivity index (χ4v) is 4.01. The van der Waals surface area contributed by atoms with Gasteiger partial charge in [-0.2, -0.15) is 5.10 Å². The molecule has 0 aliphatic carbocycles. The summed E-state index contributed by atoms with van der Waals surface area (Å²) in [4.78, 5) is 27.1. The predicted molar refractivity (Wildman–Crippen MR) is 111 cm³/mol. The van der Waals surface area contributed by atoms with Crippen LogP contribution in [0.2, 0.25) is 0 Å². The second-order valence-corrected chi connectivity index (χ2v) is 7.18. The average Bonchev–Trinajstić information content (AvgIpc) is 3.19. The highest BCUT2D eigenvalue weighted by Crippen LogP contribution is 2.33. The van der Waals surface area contributed by atoms with Gasteiger partial charge in [-0.25, -0.2) is 4.68 Å². The molecule has 2 aromatic carbocycles. The Morgan fingerprint density at radius 1 is 1.17 bits per heavy atom. The van der Waals surface area contributed by atoms with Crippen LogP contribution >= 0.6 is 0 Å². The van der Waals surface area contributed by atoms with Crippen molar-refractivity contribution in [3.8, 4) is 5.75 Å². The molecular weight excluding hydrogens is 368 g/mol. The third-order valence-corrected chi connectivity index (χ3v) is 5.36. The lowest BCUT2D eigenvalue weighted by molar-refractivity contribution is 0.0992. The maximum Gasteiger partial charge on any atom is 0.275 e. The molecule has 29 heavy (non-hydrogen) atoms. The molecule has 2 N–H and O–H groups in total. The van der Waals surface area contributed by atoms with Crippen molar-refractivity contribution in [2.75, 3.05) is 13.2 Å². The number of rotatable bonds is 6. The van der Waals surface area contributed by atoms with E-state index in [1.165, 1.54) is 10.2 Å². The minimum atomic E-state index is -0.639. The first-order chi connectivity index (χ1) is 14.1. The molecule has 0 unspecified atom stereocenters. The summed E-state index contributed by atoms with van der Waals surface area (Å²) < 4.78 is 6.88. The quantitative estimate of drug-likeness (QED) is 0.697. The molecule has 0 bridgehead atoms. The summed E-state index contributed by atoms with van der Waals surface area (Å²) in [6.07, 6.45) is 2.03. The van der Waals surface area contributed by atoms with Gasteiger partial charge in [-0.3, -0.25) is 14.5 Å². The van der Waals surface area contributed by atoms with E-state index in [2.05, 4.69) is 22.1 Å². The van der Waals surface area contributed by atoms with Crippen LogP contribution in [0.15, 0.2) is 53.3 Å². The summed E-state index contributed by atoms with van der Waals surface area (Å²) >= 11 is 0. The first-order valence-corrected chi connectivity index (χ1v) is 9.85. The molecule has 2 heterocycles. The van der Waals surface area contributed by atoms with Crippen molar-refractivity contribution < 1.29 is 9.53 Å². The molecular formula is C22H24N4O3. The Morgan fingerprint density at radius 3 is 2.59 bits per heavy atom. The van der Waals surface area contributed by atoms with Crippen molar-refractivity contribution >= 4 is 16.7 Å². The summed E-state index contributed by atoms with van der Waals surface area (Å²) in [5.41, 5.74) is 6.60. The smallest absolute Gasteiger partial charge is 0.275 e. The van der Waals surface area contributed by atoms with Crippen LogP contribution in [0.1, 0.15) is 41.9 Å². The van der Waals surface area contributed by atoms with Gasteiger partial charge in [0.2, 0.25) is 0 Å². The number of fused-ring (bicyclic) bond motifs is 1. The fourth-order valence-electron chi connectivity index (χ4n) is 4.01. The number of primary amides is 1. The van der Waals surface area contributed by atoms with E-state index in [-0.39, 0.29) is 17.3 Å². The van der Waals surface area contributed by atoms with Crippen LogP contribution < -0.4 is 16.0 Å². The lowest BCUT2D eigenvalue weighted by Gasteiger charge is -2.25. The minimum Gasteiger partial charge on any atom is -0.494 e. The molecule has 1 aromatic heterocycles. The number of likely N-dealkylation sites (tertiary alicyclic amines) is 1. The summed E-state index contributed by atoms with van der Waals surface area (Å²) in [6.45, 7) is 3.75. The van der Waals surface area contributed by atoms with Crippen LogP contribution in [0, 0.1) is 0 Å². The third kappa shape index (κ3) is 3.73. The van der Waals surface area contributed by atoms with Crippen molar-refractivity contribution in [3.63, 3.8) is 0 Å². The van der Waals surface area contributed by atoms with E-state index >= 15 is 0 Å². The number of benzene rings is 2. The van der Waals surface area contributed by atoms with Crippen LogP contribution in [-0.4, -0.2) is 33.7 Å². The van der Waals surface area contributed by atoms with E-state index in [1.807, 2.05) is 19.1 Å². The standard InChI is InChI=1S/C22H24N4O3/c1-2-29-16-11-9-15(10-12-16)19-8-5-13-25(19)14-26-22(28)18-7-4-3-6-17(18)20(24-26)21(23)27/h3-4,6-7,9-12,19H,2,5,8,13-14H2,1H3,(H2,23,27)/t19-/m1/s1. The normalized spacial score (nSPS) is 16.9. The molecule has 1 atom stereocenters. The van der Waals surface area contributed by atoms with Gasteiger partial charge in [-0.15, -0.1) is 0 Å². The lowest BCUT2D eigenvalue weighted by atomic mass is 10.0. The van der Waals surface area contributed by atoms with Gasteiger partial charge in [-0.1, -0.05) is 30.3 Å². The third-order valence-electron chi connectivity index (χ3n) is 5.36. The van der Waals surface area contributed by atoms with Gasteiger partial charge in [0, 0.05) is 18.0 Å². The van der Waals surface area contributed by atoms with Gasteiger partial charge in [0.1, 0.15) is 5.75 Å². The van der Waals surface area contributed by atoms with E-state index in [4.69, 9.17) is 10.5 Å². The second kappa shape index (κ2) is 8.05. The van der Waals surface area contributed by atoms with Crippen molar-refractivity contribution in [1.82, 2.24) is 14.7 Å². The van der Waals surface area contributed by atoms with E-state index in [1.54, 1.807) is 24.3 Å². The molecule has 7 heteroatoms. The molecule has 1 fully saturated rings. The largest absolute Gasteiger partial charge is 0.494 e. The van der Waals surface area contributed by atoms with Crippen LogP contribution in [-0.2, 0) is 6.67 Å². The van der Waals surface area contributed by atoms with E-state index < -0.39 is 5.91 Å². The number of carbonyl (C=O) groups is 1. The van der Waals surface area contributed by atoms with E-state index in [0.717, 1.165) is 25.1 Å². The highest BCUT2D eigenvalue weighted by atomic mass is 16.5. The van der Waals surface area contributed by atoms with Gasteiger partial charge in [0.05, 0.1) is 18.7 Å². The highest BCUT2D eigenvalue weighted by molar-refractivity contribution is 6.03. The van der Waals surface area contributed by atoms with Gasteiger partial charge < -0.3 is 10.5 Å². The lowest BCUT2D eigenvalue weighted by Crippen LogP contribution is -2.35. The van der Waals surface area contributed by atoms with Crippen LogP contribution in [0.4, 0.5) is 0 Å². The Labute approximate surface area is 168 Å². The molecule has 1 amide bonds. The maximum atomic E-state index is 13.0. The number of hydrogen-bond acceptors (Lipinski definition) is 5. The maximum absolute atomic E-state index is 13.0. The number of aromatic nitrogens is 2. The number of ether oxygens (including phenoxy) is 1. The predicted octanol–water partition coefficient (Wildman–Crippen LogP) is 2.69.